The van der Waals surface area contributed by atoms with E-state index in [9.17, 15) is 8.78 Å². The van der Waals surface area contributed by atoms with Crippen molar-refractivity contribution in [2.75, 3.05) is 14.2 Å². The Morgan fingerprint density at radius 2 is 1.74 bits per heavy atom. The first-order chi connectivity index (χ1) is 12.9. The van der Waals surface area contributed by atoms with Crippen LogP contribution < -0.4 is 9.47 Å². The monoisotopic (exact) mass is 373 g/mol. The van der Waals surface area contributed by atoms with Gasteiger partial charge in [-0.25, -0.2) is 13.5 Å². The van der Waals surface area contributed by atoms with Crippen LogP contribution in [-0.4, -0.2) is 29.2 Å². The fourth-order valence-corrected chi connectivity index (χ4v) is 2.90. The van der Waals surface area contributed by atoms with Crippen molar-refractivity contribution in [3.8, 4) is 22.8 Å². The summed E-state index contributed by atoms with van der Waals surface area (Å²) >= 11 is 0. The van der Waals surface area contributed by atoms with Crippen LogP contribution >= 0.6 is 0 Å². The lowest BCUT2D eigenvalue weighted by molar-refractivity contribution is 0.390. The third-order valence-corrected chi connectivity index (χ3v) is 4.32. The fourth-order valence-electron chi connectivity index (χ4n) is 2.90. The molecular weight excluding hydrogens is 352 g/mol. The highest BCUT2D eigenvalue weighted by Gasteiger charge is 2.17. The van der Waals surface area contributed by atoms with Crippen LogP contribution in [0.4, 0.5) is 8.78 Å². The Hall–Kier alpha value is -2.96. The molecule has 0 aliphatic carbocycles. The minimum absolute atomic E-state index is 0.252. The van der Waals surface area contributed by atoms with E-state index in [1.54, 1.807) is 25.1 Å². The molecule has 2 aromatic carbocycles. The van der Waals surface area contributed by atoms with Crippen molar-refractivity contribution in [3.63, 3.8) is 0 Å². The molecular formula is C20H21F2N3O2. The van der Waals surface area contributed by atoms with Crippen LogP contribution in [0, 0.1) is 11.6 Å². The molecule has 0 saturated carbocycles. The van der Waals surface area contributed by atoms with Crippen molar-refractivity contribution in [1.82, 2.24) is 15.0 Å². The van der Waals surface area contributed by atoms with Gasteiger partial charge in [0.15, 0.2) is 11.6 Å². The Morgan fingerprint density at radius 3 is 2.37 bits per heavy atom. The van der Waals surface area contributed by atoms with Crippen molar-refractivity contribution in [1.29, 1.82) is 0 Å². The third-order valence-electron chi connectivity index (χ3n) is 4.32. The zero-order valence-electron chi connectivity index (χ0n) is 15.7. The number of rotatable bonds is 6. The lowest BCUT2D eigenvalue weighted by atomic mass is 9.97. The Balaban J connectivity index is 1.95. The maximum Gasteiger partial charge on any atom is 0.159 e. The summed E-state index contributed by atoms with van der Waals surface area (Å²) in [6.07, 6.45) is 1.75. The van der Waals surface area contributed by atoms with Gasteiger partial charge < -0.3 is 9.47 Å². The van der Waals surface area contributed by atoms with Crippen LogP contribution in [0.15, 0.2) is 36.5 Å². The number of hydrogen-bond acceptors (Lipinski definition) is 4. The number of hydrogen-bond donors (Lipinski definition) is 0. The van der Waals surface area contributed by atoms with Crippen molar-refractivity contribution < 1.29 is 18.3 Å². The first-order valence-electron chi connectivity index (χ1n) is 8.53. The van der Waals surface area contributed by atoms with E-state index in [1.807, 2.05) is 12.1 Å². The highest BCUT2D eigenvalue weighted by Crippen LogP contribution is 2.38. The molecule has 5 nitrogen and oxygen atoms in total. The van der Waals surface area contributed by atoms with Crippen molar-refractivity contribution in [3.05, 3.63) is 59.3 Å². The molecule has 3 aromatic rings. The van der Waals surface area contributed by atoms with Gasteiger partial charge in [-0.1, -0.05) is 25.1 Å². The molecule has 7 heteroatoms. The first kappa shape index (κ1) is 18.8. The molecule has 0 amide bonds. The Bertz CT molecular complexity index is 954. The molecule has 1 heterocycles. The zero-order valence-corrected chi connectivity index (χ0v) is 15.7. The van der Waals surface area contributed by atoms with Gasteiger partial charge in [-0.05, 0) is 35.2 Å². The Kier molecular flexibility index (Phi) is 5.39. The molecule has 0 saturated heterocycles. The predicted octanol–water partition coefficient (Wildman–Crippen LogP) is 4.41. The van der Waals surface area contributed by atoms with Gasteiger partial charge >= 0.3 is 0 Å². The van der Waals surface area contributed by atoms with Gasteiger partial charge in [0, 0.05) is 11.6 Å². The standard InChI is InChI=1S/C20H21F2N3O2/c1-12(2)14-8-15(20(27-4)9-19(14)26-3)18-11-25(24-23-18)10-13-5-6-16(21)17(22)7-13/h5-9,11-12H,10H2,1-4H3. The molecule has 0 aliphatic heterocycles. The summed E-state index contributed by atoms with van der Waals surface area (Å²) in [4.78, 5) is 0. The molecule has 3 rings (SSSR count). The fraction of sp³-hybridized carbons (Fsp3) is 0.300. The lowest BCUT2D eigenvalue weighted by Crippen LogP contribution is -2.01. The van der Waals surface area contributed by atoms with Crippen molar-refractivity contribution >= 4 is 0 Å². The molecule has 0 fully saturated rings. The van der Waals surface area contributed by atoms with Gasteiger partial charge in [-0.2, -0.15) is 0 Å². The second-order valence-electron chi connectivity index (χ2n) is 6.50. The molecule has 0 bridgehead atoms. The average Bonchev–Trinajstić information content (AvgIpc) is 3.11. The molecule has 0 radical (unpaired) electrons. The van der Waals surface area contributed by atoms with E-state index in [1.165, 1.54) is 6.07 Å². The number of nitrogens with zero attached hydrogens (tertiary/aromatic N) is 3. The molecule has 0 aliphatic rings. The quantitative estimate of drug-likeness (QED) is 0.642. The van der Waals surface area contributed by atoms with Crippen LogP contribution in [0.1, 0.15) is 30.9 Å². The van der Waals surface area contributed by atoms with Crippen LogP contribution in [0.3, 0.4) is 0 Å². The minimum Gasteiger partial charge on any atom is -0.496 e. The van der Waals surface area contributed by atoms with Gasteiger partial charge in [0.1, 0.15) is 17.2 Å². The van der Waals surface area contributed by atoms with Gasteiger partial charge in [-0.15, -0.1) is 5.10 Å². The zero-order chi connectivity index (χ0) is 19.6. The molecule has 0 atom stereocenters. The highest BCUT2D eigenvalue weighted by atomic mass is 19.2. The highest BCUT2D eigenvalue weighted by molar-refractivity contribution is 5.70. The normalized spacial score (nSPS) is 11.1. The van der Waals surface area contributed by atoms with E-state index in [0.29, 0.717) is 17.0 Å². The summed E-state index contributed by atoms with van der Waals surface area (Å²) in [6.45, 7) is 4.43. The Morgan fingerprint density at radius 1 is 1.00 bits per heavy atom. The molecule has 27 heavy (non-hydrogen) atoms. The van der Waals surface area contributed by atoms with E-state index in [2.05, 4.69) is 24.2 Å². The van der Waals surface area contributed by atoms with Crippen LogP contribution in [-0.2, 0) is 6.54 Å². The number of aromatic nitrogens is 3. The van der Waals surface area contributed by atoms with E-state index >= 15 is 0 Å². The van der Waals surface area contributed by atoms with Gasteiger partial charge in [0.05, 0.1) is 27.0 Å². The maximum atomic E-state index is 13.4. The average molecular weight is 373 g/mol. The third kappa shape index (κ3) is 3.92. The summed E-state index contributed by atoms with van der Waals surface area (Å²) in [5, 5.41) is 8.31. The summed E-state index contributed by atoms with van der Waals surface area (Å²) in [5.41, 5.74) is 3.04. The summed E-state index contributed by atoms with van der Waals surface area (Å²) in [7, 11) is 3.21. The van der Waals surface area contributed by atoms with Crippen LogP contribution in [0.25, 0.3) is 11.3 Å². The number of halogens is 2. The van der Waals surface area contributed by atoms with E-state index in [-0.39, 0.29) is 12.5 Å². The number of benzene rings is 2. The first-order valence-corrected chi connectivity index (χ1v) is 8.53. The predicted molar refractivity (Wildman–Crippen MR) is 98.1 cm³/mol. The SMILES string of the molecule is COc1cc(OC)c(C(C)C)cc1-c1cn(Cc2ccc(F)c(F)c2)nn1. The summed E-state index contributed by atoms with van der Waals surface area (Å²) < 4.78 is 39.0. The molecule has 1 aromatic heterocycles. The number of methoxy groups -OCH3 is 2. The summed E-state index contributed by atoms with van der Waals surface area (Å²) in [5.74, 6) is -0.133. The van der Waals surface area contributed by atoms with Crippen molar-refractivity contribution in [2.45, 2.75) is 26.3 Å². The van der Waals surface area contributed by atoms with E-state index in [0.717, 1.165) is 29.0 Å². The van der Waals surface area contributed by atoms with Gasteiger partial charge in [-0.3, -0.25) is 0 Å². The molecule has 0 N–H and O–H groups in total. The second-order valence-corrected chi connectivity index (χ2v) is 6.50. The second kappa shape index (κ2) is 7.73. The van der Waals surface area contributed by atoms with E-state index in [4.69, 9.17) is 9.47 Å². The largest absolute Gasteiger partial charge is 0.496 e. The van der Waals surface area contributed by atoms with Crippen molar-refractivity contribution in [2.24, 2.45) is 0 Å². The van der Waals surface area contributed by atoms with E-state index < -0.39 is 11.6 Å². The topological polar surface area (TPSA) is 49.2 Å². The van der Waals surface area contributed by atoms with Gasteiger partial charge in [0.25, 0.3) is 0 Å². The summed E-state index contributed by atoms with van der Waals surface area (Å²) in [6, 6.07) is 7.59. The maximum absolute atomic E-state index is 13.4. The lowest BCUT2D eigenvalue weighted by Gasteiger charge is -2.16. The molecule has 0 spiro atoms. The molecule has 0 unspecified atom stereocenters. The molecule has 142 valence electrons. The van der Waals surface area contributed by atoms with Crippen LogP contribution in [0.5, 0.6) is 11.5 Å². The number of ether oxygens (including phenoxy) is 2. The smallest absolute Gasteiger partial charge is 0.159 e. The minimum atomic E-state index is -0.883. The van der Waals surface area contributed by atoms with Crippen LogP contribution in [0.2, 0.25) is 0 Å². The van der Waals surface area contributed by atoms with Gasteiger partial charge in [0.2, 0.25) is 0 Å². The Labute approximate surface area is 156 Å².